The van der Waals surface area contributed by atoms with Crippen molar-refractivity contribution >= 4 is 22.6 Å². The normalized spacial score (nSPS) is 10.2. The van der Waals surface area contributed by atoms with Gasteiger partial charge >= 0.3 is 0 Å². The number of rotatable bonds is 2. The lowest BCUT2D eigenvalue weighted by molar-refractivity contribution is 0.745. The molecule has 1 heterocycles. The molecule has 0 unspecified atom stereocenters. The lowest BCUT2D eigenvalue weighted by Crippen LogP contribution is -1.97. The number of hydrogen-bond acceptors (Lipinski definition) is 2. The van der Waals surface area contributed by atoms with Crippen molar-refractivity contribution in [3.8, 4) is 5.69 Å². The molecule has 0 bridgehead atoms. The topological polar surface area (TPSA) is 30.7 Å². The second-order valence-corrected chi connectivity index (χ2v) is 3.36. The van der Waals surface area contributed by atoms with Crippen LogP contribution in [0.4, 0.5) is 0 Å². The van der Waals surface area contributed by atoms with E-state index in [-0.39, 0.29) is 0 Å². The third-order valence-electron chi connectivity index (χ3n) is 1.66. The zero-order valence-electron chi connectivity index (χ0n) is 6.89. The average molecular weight is 285 g/mol. The quantitative estimate of drug-likeness (QED) is 0.625. The SMILES string of the molecule is ICc1cnn(-c2ccccc2)n1. The van der Waals surface area contributed by atoms with Gasteiger partial charge in [-0.1, -0.05) is 40.8 Å². The van der Waals surface area contributed by atoms with Crippen LogP contribution in [0.5, 0.6) is 0 Å². The molecule has 1 aromatic carbocycles. The molecule has 0 aliphatic rings. The third kappa shape index (κ3) is 1.88. The number of aromatic nitrogens is 3. The molecule has 1 aromatic heterocycles. The summed E-state index contributed by atoms with van der Waals surface area (Å²) in [5, 5.41) is 8.46. The van der Waals surface area contributed by atoms with E-state index in [0.717, 1.165) is 15.8 Å². The Morgan fingerprint density at radius 2 is 2.00 bits per heavy atom. The van der Waals surface area contributed by atoms with Crippen LogP contribution in [0.25, 0.3) is 5.69 Å². The van der Waals surface area contributed by atoms with E-state index in [0.29, 0.717) is 0 Å². The van der Waals surface area contributed by atoms with Crippen LogP contribution in [0.1, 0.15) is 5.69 Å². The summed E-state index contributed by atoms with van der Waals surface area (Å²) in [7, 11) is 0. The fraction of sp³-hybridized carbons (Fsp3) is 0.111. The molecule has 66 valence electrons. The summed E-state index contributed by atoms with van der Waals surface area (Å²) in [5.74, 6) is 0. The molecule has 0 fully saturated rings. The first-order valence-corrected chi connectivity index (χ1v) is 5.45. The molecule has 0 aliphatic heterocycles. The van der Waals surface area contributed by atoms with Crippen LogP contribution in [-0.4, -0.2) is 15.0 Å². The van der Waals surface area contributed by atoms with Crippen LogP contribution < -0.4 is 0 Å². The van der Waals surface area contributed by atoms with Gasteiger partial charge in [-0.05, 0) is 12.1 Å². The zero-order chi connectivity index (χ0) is 9.10. The van der Waals surface area contributed by atoms with Gasteiger partial charge < -0.3 is 0 Å². The van der Waals surface area contributed by atoms with Crippen LogP contribution in [0.3, 0.4) is 0 Å². The smallest absolute Gasteiger partial charge is 0.0928 e. The maximum absolute atomic E-state index is 4.30. The predicted octanol–water partition coefficient (Wildman–Crippen LogP) is 2.20. The average Bonchev–Trinajstić information content (AvgIpc) is 2.67. The molecule has 0 saturated carbocycles. The fourth-order valence-electron chi connectivity index (χ4n) is 1.04. The minimum Gasteiger partial charge on any atom is -0.157 e. The molecule has 0 atom stereocenters. The van der Waals surface area contributed by atoms with Crippen molar-refractivity contribution in [2.75, 3.05) is 0 Å². The van der Waals surface area contributed by atoms with Crippen LogP contribution in [0, 0.1) is 0 Å². The Bertz CT molecular complexity index is 383. The van der Waals surface area contributed by atoms with Crippen LogP contribution in [0.15, 0.2) is 36.5 Å². The highest BCUT2D eigenvalue weighted by Gasteiger charge is 1.99. The highest BCUT2D eigenvalue weighted by Crippen LogP contribution is 2.05. The summed E-state index contributed by atoms with van der Waals surface area (Å²) in [5.41, 5.74) is 2.00. The second kappa shape index (κ2) is 3.87. The Balaban J connectivity index is 2.36. The van der Waals surface area contributed by atoms with E-state index in [1.807, 2.05) is 30.3 Å². The van der Waals surface area contributed by atoms with E-state index in [2.05, 4.69) is 32.8 Å². The fourth-order valence-corrected chi connectivity index (χ4v) is 1.39. The van der Waals surface area contributed by atoms with Gasteiger partial charge in [-0.2, -0.15) is 15.0 Å². The van der Waals surface area contributed by atoms with Gasteiger partial charge in [0.1, 0.15) is 0 Å². The third-order valence-corrected chi connectivity index (χ3v) is 2.44. The van der Waals surface area contributed by atoms with Gasteiger partial charge in [-0.3, -0.25) is 0 Å². The Morgan fingerprint density at radius 1 is 1.23 bits per heavy atom. The first-order valence-electron chi connectivity index (χ1n) is 3.93. The van der Waals surface area contributed by atoms with Crippen molar-refractivity contribution in [3.63, 3.8) is 0 Å². The standard InChI is InChI=1S/C9H8IN3/c10-6-8-7-11-13(12-8)9-4-2-1-3-5-9/h1-5,7H,6H2. The molecule has 13 heavy (non-hydrogen) atoms. The molecule has 4 heteroatoms. The van der Waals surface area contributed by atoms with E-state index >= 15 is 0 Å². The number of alkyl halides is 1. The molecule has 2 rings (SSSR count). The van der Waals surface area contributed by atoms with Crippen LogP contribution >= 0.6 is 22.6 Å². The molecule has 2 aromatic rings. The van der Waals surface area contributed by atoms with Gasteiger partial charge in [0.15, 0.2) is 0 Å². The monoisotopic (exact) mass is 285 g/mol. The van der Waals surface area contributed by atoms with E-state index in [1.165, 1.54) is 0 Å². The maximum Gasteiger partial charge on any atom is 0.0928 e. The Morgan fingerprint density at radius 3 is 2.62 bits per heavy atom. The lowest BCUT2D eigenvalue weighted by atomic mass is 10.3. The molecular formula is C9H8IN3. The van der Waals surface area contributed by atoms with Gasteiger partial charge in [0, 0.05) is 4.43 Å². The van der Waals surface area contributed by atoms with Crippen molar-refractivity contribution < 1.29 is 0 Å². The minimum atomic E-state index is 0.893. The van der Waals surface area contributed by atoms with Crippen molar-refractivity contribution in [1.29, 1.82) is 0 Å². The summed E-state index contributed by atoms with van der Waals surface area (Å²) in [6, 6.07) is 9.89. The first-order chi connectivity index (χ1) is 6.40. The minimum absolute atomic E-state index is 0.893. The molecule has 3 nitrogen and oxygen atoms in total. The summed E-state index contributed by atoms with van der Waals surface area (Å²) in [6.07, 6.45) is 1.79. The van der Waals surface area contributed by atoms with Crippen molar-refractivity contribution in [1.82, 2.24) is 15.0 Å². The number of para-hydroxylation sites is 1. The number of halogens is 1. The maximum atomic E-state index is 4.30. The van der Waals surface area contributed by atoms with E-state index in [1.54, 1.807) is 11.0 Å². The first kappa shape index (κ1) is 8.68. The van der Waals surface area contributed by atoms with Crippen LogP contribution in [0.2, 0.25) is 0 Å². The number of hydrogen-bond donors (Lipinski definition) is 0. The Kier molecular flexibility index (Phi) is 2.58. The van der Waals surface area contributed by atoms with E-state index in [4.69, 9.17) is 0 Å². The van der Waals surface area contributed by atoms with Crippen molar-refractivity contribution in [3.05, 3.63) is 42.2 Å². The van der Waals surface area contributed by atoms with Crippen LogP contribution in [-0.2, 0) is 4.43 Å². The molecular weight excluding hydrogens is 277 g/mol. The zero-order valence-corrected chi connectivity index (χ0v) is 9.05. The van der Waals surface area contributed by atoms with Gasteiger partial charge in [0.2, 0.25) is 0 Å². The Labute approximate surface area is 89.9 Å². The van der Waals surface area contributed by atoms with Gasteiger partial charge in [-0.25, -0.2) is 0 Å². The number of nitrogens with zero attached hydrogens (tertiary/aromatic N) is 3. The molecule has 0 amide bonds. The molecule has 0 radical (unpaired) electrons. The van der Waals surface area contributed by atoms with Gasteiger partial charge in [0.25, 0.3) is 0 Å². The summed E-state index contributed by atoms with van der Waals surface area (Å²) in [6.45, 7) is 0. The van der Waals surface area contributed by atoms with E-state index in [9.17, 15) is 0 Å². The van der Waals surface area contributed by atoms with Gasteiger partial charge in [-0.15, -0.1) is 0 Å². The van der Waals surface area contributed by atoms with E-state index < -0.39 is 0 Å². The van der Waals surface area contributed by atoms with Gasteiger partial charge in [0.05, 0.1) is 17.6 Å². The molecule has 0 aliphatic carbocycles. The Hall–Kier alpha value is -0.910. The lowest BCUT2D eigenvalue weighted by Gasteiger charge is -1.96. The molecule has 0 spiro atoms. The molecule has 0 saturated heterocycles. The highest BCUT2D eigenvalue weighted by molar-refractivity contribution is 14.1. The number of benzene rings is 1. The second-order valence-electron chi connectivity index (χ2n) is 2.59. The largest absolute Gasteiger partial charge is 0.157 e. The highest BCUT2D eigenvalue weighted by atomic mass is 127. The van der Waals surface area contributed by atoms with Crippen molar-refractivity contribution in [2.24, 2.45) is 0 Å². The summed E-state index contributed by atoms with van der Waals surface area (Å²) in [4.78, 5) is 1.65. The van der Waals surface area contributed by atoms with Crippen molar-refractivity contribution in [2.45, 2.75) is 4.43 Å². The molecule has 0 N–H and O–H groups in total. The summed E-state index contributed by atoms with van der Waals surface area (Å²) >= 11 is 2.27. The summed E-state index contributed by atoms with van der Waals surface area (Å²) < 4.78 is 0.893. The predicted molar refractivity (Wildman–Crippen MR) is 59.1 cm³/mol.